The SMILES string of the molecule is CCOC(=O)C1CC(O)CN1.Cl. The molecule has 1 aliphatic heterocycles. The summed E-state index contributed by atoms with van der Waals surface area (Å²) in [5, 5.41) is 11.9. The van der Waals surface area contributed by atoms with Gasteiger partial charge < -0.3 is 15.2 Å². The van der Waals surface area contributed by atoms with Crippen LogP contribution in [0.15, 0.2) is 0 Å². The minimum Gasteiger partial charge on any atom is -0.465 e. The monoisotopic (exact) mass is 195 g/mol. The van der Waals surface area contributed by atoms with Gasteiger partial charge in [0.05, 0.1) is 12.7 Å². The van der Waals surface area contributed by atoms with Gasteiger partial charge in [0, 0.05) is 13.0 Å². The summed E-state index contributed by atoms with van der Waals surface area (Å²) in [6.45, 7) is 2.65. The van der Waals surface area contributed by atoms with Crippen LogP contribution in [-0.4, -0.2) is 36.4 Å². The molecule has 0 spiro atoms. The zero-order chi connectivity index (χ0) is 8.27. The number of aliphatic hydroxyl groups excluding tert-OH is 1. The second-order valence-corrected chi connectivity index (χ2v) is 2.60. The molecule has 0 amide bonds. The molecular weight excluding hydrogens is 182 g/mol. The Hall–Kier alpha value is -0.320. The van der Waals surface area contributed by atoms with Crippen molar-refractivity contribution >= 4 is 18.4 Å². The molecule has 0 saturated carbocycles. The van der Waals surface area contributed by atoms with Crippen molar-refractivity contribution in [2.75, 3.05) is 13.2 Å². The van der Waals surface area contributed by atoms with Crippen molar-refractivity contribution in [1.29, 1.82) is 0 Å². The molecule has 1 saturated heterocycles. The number of halogens is 1. The van der Waals surface area contributed by atoms with E-state index in [0.717, 1.165) is 0 Å². The molecule has 12 heavy (non-hydrogen) atoms. The predicted octanol–water partition coefficient (Wildman–Crippen LogP) is -0.306. The van der Waals surface area contributed by atoms with Gasteiger partial charge in [0.1, 0.15) is 6.04 Å². The summed E-state index contributed by atoms with van der Waals surface area (Å²) in [5.41, 5.74) is 0. The fourth-order valence-electron chi connectivity index (χ4n) is 1.14. The third-order valence-electron chi connectivity index (χ3n) is 1.68. The standard InChI is InChI=1S/C7H13NO3.ClH/c1-2-11-7(10)6-3-5(9)4-8-6;/h5-6,8-9H,2-4H2,1H3;1H. The van der Waals surface area contributed by atoms with Crippen molar-refractivity contribution in [2.45, 2.75) is 25.5 Å². The van der Waals surface area contributed by atoms with Crippen LogP contribution in [0, 0.1) is 0 Å². The molecule has 0 bridgehead atoms. The summed E-state index contributed by atoms with van der Waals surface area (Å²) < 4.78 is 4.76. The molecule has 1 rings (SSSR count). The van der Waals surface area contributed by atoms with Gasteiger partial charge in [0.2, 0.25) is 0 Å². The maximum atomic E-state index is 11.0. The molecule has 1 aliphatic rings. The average Bonchev–Trinajstić information content (AvgIpc) is 2.36. The Morgan fingerprint density at radius 1 is 1.75 bits per heavy atom. The maximum absolute atomic E-state index is 11.0. The molecule has 0 aromatic carbocycles. The molecule has 4 nitrogen and oxygen atoms in total. The first kappa shape index (κ1) is 11.7. The summed E-state index contributed by atoms with van der Waals surface area (Å²) in [7, 11) is 0. The van der Waals surface area contributed by atoms with E-state index in [1.807, 2.05) is 0 Å². The van der Waals surface area contributed by atoms with Crippen molar-refractivity contribution in [3.63, 3.8) is 0 Å². The lowest BCUT2D eigenvalue weighted by molar-refractivity contribution is -0.145. The zero-order valence-electron chi connectivity index (χ0n) is 6.95. The van der Waals surface area contributed by atoms with Crippen molar-refractivity contribution in [1.82, 2.24) is 5.32 Å². The molecular formula is C7H14ClNO3. The van der Waals surface area contributed by atoms with Gasteiger partial charge in [-0.25, -0.2) is 0 Å². The molecule has 0 aromatic rings. The Morgan fingerprint density at radius 2 is 2.42 bits per heavy atom. The molecule has 0 radical (unpaired) electrons. The number of esters is 1. The van der Waals surface area contributed by atoms with Crippen LogP contribution in [0.1, 0.15) is 13.3 Å². The second-order valence-electron chi connectivity index (χ2n) is 2.60. The van der Waals surface area contributed by atoms with Gasteiger partial charge in [-0.3, -0.25) is 4.79 Å². The van der Waals surface area contributed by atoms with E-state index in [1.165, 1.54) is 0 Å². The largest absolute Gasteiger partial charge is 0.465 e. The van der Waals surface area contributed by atoms with Gasteiger partial charge in [-0.05, 0) is 6.92 Å². The maximum Gasteiger partial charge on any atom is 0.323 e. The number of hydrogen-bond donors (Lipinski definition) is 2. The van der Waals surface area contributed by atoms with Crippen LogP contribution in [0.25, 0.3) is 0 Å². The lowest BCUT2D eigenvalue weighted by Crippen LogP contribution is -2.32. The summed E-state index contributed by atoms with van der Waals surface area (Å²) in [6, 6.07) is -0.301. The normalized spacial score (nSPS) is 27.8. The first-order valence-electron chi connectivity index (χ1n) is 3.82. The van der Waals surface area contributed by atoms with Crippen molar-refractivity contribution in [3.05, 3.63) is 0 Å². The molecule has 0 aromatic heterocycles. The molecule has 5 heteroatoms. The lowest BCUT2D eigenvalue weighted by atomic mass is 10.2. The molecule has 2 N–H and O–H groups in total. The number of carbonyl (C=O) groups is 1. The van der Waals surface area contributed by atoms with Crippen LogP contribution >= 0.6 is 12.4 Å². The molecule has 1 heterocycles. The highest BCUT2D eigenvalue weighted by atomic mass is 35.5. The Bertz CT molecular complexity index is 154. The van der Waals surface area contributed by atoms with Crippen molar-refractivity contribution in [2.24, 2.45) is 0 Å². The average molecular weight is 196 g/mol. The third-order valence-corrected chi connectivity index (χ3v) is 1.68. The highest BCUT2D eigenvalue weighted by molar-refractivity contribution is 5.85. The fraction of sp³-hybridized carbons (Fsp3) is 0.857. The molecule has 1 fully saturated rings. The van der Waals surface area contributed by atoms with Crippen molar-refractivity contribution in [3.8, 4) is 0 Å². The predicted molar refractivity (Wildman–Crippen MR) is 46.3 cm³/mol. The molecule has 2 unspecified atom stereocenters. The minimum atomic E-state index is -0.399. The van der Waals surface area contributed by atoms with Gasteiger partial charge in [0.15, 0.2) is 0 Å². The Labute approximate surface area is 77.7 Å². The van der Waals surface area contributed by atoms with Crippen LogP contribution in [-0.2, 0) is 9.53 Å². The topological polar surface area (TPSA) is 58.6 Å². The number of β-amino-alcohol motifs (C(OH)–C–C–N with tert-alkyl or cyclic N) is 1. The van der Waals surface area contributed by atoms with E-state index < -0.39 is 6.10 Å². The van der Waals surface area contributed by atoms with Gasteiger partial charge in [-0.2, -0.15) is 0 Å². The summed E-state index contributed by atoms with van der Waals surface area (Å²) in [4.78, 5) is 11.0. The first-order chi connectivity index (χ1) is 5.24. The first-order valence-corrected chi connectivity index (χ1v) is 3.82. The van der Waals surface area contributed by atoms with Crippen molar-refractivity contribution < 1.29 is 14.6 Å². The highest BCUT2D eigenvalue weighted by Gasteiger charge is 2.28. The van der Waals surface area contributed by atoms with Crippen LogP contribution in [0.4, 0.5) is 0 Å². The van der Waals surface area contributed by atoms with Gasteiger partial charge in [-0.1, -0.05) is 0 Å². The Balaban J connectivity index is 0.00000121. The van der Waals surface area contributed by atoms with Gasteiger partial charge >= 0.3 is 5.97 Å². The van der Waals surface area contributed by atoms with E-state index in [1.54, 1.807) is 6.92 Å². The second kappa shape index (κ2) is 5.35. The summed E-state index contributed by atoms with van der Waals surface area (Å²) in [5.74, 6) is -0.260. The van der Waals surface area contributed by atoms with E-state index in [2.05, 4.69) is 5.32 Å². The number of rotatable bonds is 2. The number of hydrogen-bond acceptors (Lipinski definition) is 4. The van der Waals surface area contributed by atoms with Crippen LogP contribution in [0.5, 0.6) is 0 Å². The number of carbonyl (C=O) groups excluding carboxylic acids is 1. The van der Waals surface area contributed by atoms with E-state index in [-0.39, 0.29) is 24.4 Å². The van der Waals surface area contributed by atoms with E-state index in [4.69, 9.17) is 9.84 Å². The van der Waals surface area contributed by atoms with Crippen LogP contribution in [0.3, 0.4) is 0 Å². The highest BCUT2D eigenvalue weighted by Crippen LogP contribution is 2.07. The lowest BCUT2D eigenvalue weighted by Gasteiger charge is -2.07. The van der Waals surface area contributed by atoms with Gasteiger partial charge in [0.25, 0.3) is 0 Å². The third kappa shape index (κ3) is 2.97. The van der Waals surface area contributed by atoms with E-state index >= 15 is 0 Å². The fourth-order valence-corrected chi connectivity index (χ4v) is 1.14. The number of ether oxygens (including phenoxy) is 1. The quantitative estimate of drug-likeness (QED) is 0.594. The molecule has 0 aliphatic carbocycles. The van der Waals surface area contributed by atoms with Gasteiger partial charge in [-0.15, -0.1) is 12.4 Å². The summed E-state index contributed by atoms with van der Waals surface area (Å²) in [6.07, 6.45) is 0.0724. The minimum absolute atomic E-state index is 0. The summed E-state index contributed by atoms with van der Waals surface area (Å²) >= 11 is 0. The Morgan fingerprint density at radius 3 is 2.83 bits per heavy atom. The Kier molecular flexibility index (Phi) is 5.20. The van der Waals surface area contributed by atoms with E-state index in [0.29, 0.717) is 19.6 Å². The van der Waals surface area contributed by atoms with Crippen LogP contribution in [0.2, 0.25) is 0 Å². The smallest absolute Gasteiger partial charge is 0.323 e. The molecule has 72 valence electrons. The van der Waals surface area contributed by atoms with E-state index in [9.17, 15) is 4.79 Å². The molecule has 2 atom stereocenters. The van der Waals surface area contributed by atoms with Crippen LogP contribution < -0.4 is 5.32 Å². The number of aliphatic hydroxyl groups is 1. The zero-order valence-corrected chi connectivity index (χ0v) is 7.76. The number of nitrogens with one attached hydrogen (secondary N) is 1.